The molecule has 0 rings (SSSR count). The standard InChI is InChI=1S/C22H44N2O3/c1-7-8-9-10-11-12-14-18(2)17-20(22(26)27)19(3)21(25)23-15-13-16-24(4,5)6/h18-20H,7-17H2,1-6H3,(H-,23,25,26,27). The Kier molecular flexibility index (Phi) is 13.4. The van der Waals surface area contributed by atoms with Gasteiger partial charge in [-0.15, -0.1) is 0 Å². The van der Waals surface area contributed by atoms with Gasteiger partial charge < -0.3 is 19.7 Å². The van der Waals surface area contributed by atoms with Crippen molar-refractivity contribution in [1.82, 2.24) is 5.32 Å². The minimum atomic E-state index is -1.10. The van der Waals surface area contributed by atoms with Crippen molar-refractivity contribution in [3.63, 3.8) is 0 Å². The molecule has 0 heterocycles. The number of nitrogens with zero attached hydrogens (tertiary/aromatic N) is 1. The molecule has 0 saturated heterocycles. The molecule has 0 aromatic carbocycles. The van der Waals surface area contributed by atoms with Crippen LogP contribution in [0.3, 0.4) is 0 Å². The Morgan fingerprint density at radius 1 is 0.963 bits per heavy atom. The number of quaternary nitrogens is 1. The van der Waals surface area contributed by atoms with Gasteiger partial charge in [0.1, 0.15) is 0 Å². The summed E-state index contributed by atoms with van der Waals surface area (Å²) in [4.78, 5) is 23.9. The molecule has 5 heteroatoms. The van der Waals surface area contributed by atoms with Crippen LogP contribution in [-0.4, -0.2) is 50.6 Å². The van der Waals surface area contributed by atoms with E-state index in [2.05, 4.69) is 40.3 Å². The highest BCUT2D eigenvalue weighted by Gasteiger charge is 2.26. The maximum atomic E-state index is 12.3. The fourth-order valence-electron chi connectivity index (χ4n) is 3.44. The summed E-state index contributed by atoms with van der Waals surface area (Å²) in [6.07, 6.45) is 9.86. The summed E-state index contributed by atoms with van der Waals surface area (Å²) >= 11 is 0. The third kappa shape index (κ3) is 13.7. The Labute approximate surface area is 167 Å². The molecule has 1 N–H and O–H groups in total. The smallest absolute Gasteiger partial charge is 0.223 e. The van der Waals surface area contributed by atoms with Crippen LogP contribution in [0.4, 0.5) is 0 Å². The Morgan fingerprint density at radius 2 is 1.56 bits per heavy atom. The molecule has 0 spiro atoms. The van der Waals surface area contributed by atoms with Gasteiger partial charge in [-0.1, -0.05) is 65.7 Å². The maximum absolute atomic E-state index is 12.3. The minimum absolute atomic E-state index is 0.169. The quantitative estimate of drug-likeness (QED) is 0.328. The van der Waals surface area contributed by atoms with Crippen molar-refractivity contribution >= 4 is 11.9 Å². The summed E-state index contributed by atoms with van der Waals surface area (Å²) in [5, 5.41) is 14.5. The molecule has 0 aliphatic heterocycles. The molecule has 0 saturated carbocycles. The van der Waals surface area contributed by atoms with E-state index < -0.39 is 17.8 Å². The van der Waals surface area contributed by atoms with Crippen molar-refractivity contribution in [1.29, 1.82) is 0 Å². The van der Waals surface area contributed by atoms with Gasteiger partial charge >= 0.3 is 0 Å². The molecule has 0 aromatic heterocycles. The molecule has 0 aliphatic carbocycles. The lowest BCUT2D eigenvalue weighted by atomic mass is 9.83. The van der Waals surface area contributed by atoms with Crippen molar-refractivity contribution in [3.8, 4) is 0 Å². The van der Waals surface area contributed by atoms with Crippen LogP contribution in [0.5, 0.6) is 0 Å². The van der Waals surface area contributed by atoms with Gasteiger partial charge in [0.25, 0.3) is 0 Å². The van der Waals surface area contributed by atoms with Crippen LogP contribution >= 0.6 is 0 Å². The summed E-state index contributed by atoms with van der Waals surface area (Å²) in [6, 6.07) is 0. The number of carboxylic acid groups (broad SMARTS) is 1. The van der Waals surface area contributed by atoms with E-state index in [4.69, 9.17) is 0 Å². The summed E-state index contributed by atoms with van der Waals surface area (Å²) in [5.41, 5.74) is 0. The van der Waals surface area contributed by atoms with Gasteiger partial charge in [-0.2, -0.15) is 0 Å². The molecule has 0 fully saturated rings. The molecule has 0 aromatic rings. The van der Waals surface area contributed by atoms with Crippen LogP contribution in [0.15, 0.2) is 0 Å². The minimum Gasteiger partial charge on any atom is -0.550 e. The lowest BCUT2D eigenvalue weighted by molar-refractivity contribution is -0.870. The molecule has 1 amide bonds. The van der Waals surface area contributed by atoms with E-state index in [1.807, 2.05) is 0 Å². The van der Waals surface area contributed by atoms with E-state index in [1.165, 1.54) is 32.1 Å². The van der Waals surface area contributed by atoms with E-state index in [0.29, 0.717) is 18.9 Å². The van der Waals surface area contributed by atoms with Crippen molar-refractivity contribution in [3.05, 3.63) is 0 Å². The van der Waals surface area contributed by atoms with E-state index in [9.17, 15) is 14.7 Å². The van der Waals surface area contributed by atoms with E-state index in [1.54, 1.807) is 6.92 Å². The zero-order valence-corrected chi connectivity index (χ0v) is 18.7. The van der Waals surface area contributed by atoms with Crippen molar-refractivity contribution in [2.24, 2.45) is 17.8 Å². The Balaban J connectivity index is 4.27. The average molecular weight is 385 g/mol. The van der Waals surface area contributed by atoms with Crippen LogP contribution in [0.2, 0.25) is 0 Å². The van der Waals surface area contributed by atoms with Gasteiger partial charge in [-0.25, -0.2) is 0 Å². The number of aliphatic carboxylic acids is 1. The van der Waals surface area contributed by atoms with Gasteiger partial charge in [0.15, 0.2) is 0 Å². The highest BCUT2D eigenvalue weighted by atomic mass is 16.4. The molecule has 0 radical (unpaired) electrons. The van der Waals surface area contributed by atoms with Gasteiger partial charge in [0.05, 0.1) is 27.7 Å². The first-order valence-corrected chi connectivity index (χ1v) is 10.9. The SMILES string of the molecule is CCCCCCCCC(C)CC(C(=O)[O-])C(C)C(=O)NCCC[N+](C)(C)C. The van der Waals surface area contributed by atoms with E-state index >= 15 is 0 Å². The van der Waals surface area contributed by atoms with Gasteiger partial charge in [0.2, 0.25) is 5.91 Å². The first-order chi connectivity index (χ1) is 12.6. The number of carboxylic acids is 1. The highest BCUT2D eigenvalue weighted by Crippen LogP contribution is 2.24. The number of unbranched alkanes of at least 4 members (excludes halogenated alkanes) is 5. The van der Waals surface area contributed by atoms with Crippen LogP contribution < -0.4 is 10.4 Å². The van der Waals surface area contributed by atoms with Crippen molar-refractivity contribution < 1.29 is 19.2 Å². The normalized spacial score (nSPS) is 15.2. The van der Waals surface area contributed by atoms with Crippen molar-refractivity contribution in [2.75, 3.05) is 34.2 Å². The summed E-state index contributed by atoms with van der Waals surface area (Å²) in [7, 11) is 6.34. The number of rotatable bonds is 16. The third-order valence-electron chi connectivity index (χ3n) is 5.33. The first-order valence-electron chi connectivity index (χ1n) is 10.9. The predicted molar refractivity (Wildman–Crippen MR) is 110 cm³/mol. The molecule has 27 heavy (non-hydrogen) atoms. The second-order valence-corrected chi connectivity index (χ2v) is 9.27. The number of carbonyl (C=O) groups excluding carboxylic acids is 2. The van der Waals surface area contributed by atoms with Crippen LogP contribution in [0.25, 0.3) is 0 Å². The fourth-order valence-corrected chi connectivity index (χ4v) is 3.44. The molecule has 3 unspecified atom stereocenters. The van der Waals surface area contributed by atoms with Gasteiger partial charge in [-0.05, 0) is 12.3 Å². The molecule has 5 nitrogen and oxygen atoms in total. The monoisotopic (exact) mass is 384 g/mol. The van der Waals surface area contributed by atoms with E-state index in [0.717, 1.165) is 30.3 Å². The van der Waals surface area contributed by atoms with Gasteiger partial charge in [-0.3, -0.25) is 4.79 Å². The Morgan fingerprint density at radius 3 is 2.11 bits per heavy atom. The molecule has 0 bridgehead atoms. The largest absolute Gasteiger partial charge is 0.550 e. The average Bonchev–Trinajstić information content (AvgIpc) is 2.57. The Hall–Kier alpha value is -1.10. The summed E-state index contributed by atoms with van der Waals surface area (Å²) in [5.74, 6) is -2.23. The summed E-state index contributed by atoms with van der Waals surface area (Å²) in [6.45, 7) is 7.57. The third-order valence-corrected chi connectivity index (χ3v) is 5.33. The first kappa shape index (κ1) is 25.9. The second-order valence-electron chi connectivity index (χ2n) is 9.27. The molecule has 0 aliphatic rings. The zero-order valence-electron chi connectivity index (χ0n) is 18.7. The predicted octanol–water partition coefficient (Wildman–Crippen LogP) is 2.98. The molecular formula is C22H44N2O3. The fraction of sp³-hybridized carbons (Fsp3) is 0.909. The molecule has 3 atom stereocenters. The number of nitrogens with one attached hydrogen (secondary N) is 1. The van der Waals surface area contributed by atoms with Crippen LogP contribution in [-0.2, 0) is 9.59 Å². The topological polar surface area (TPSA) is 69.2 Å². The lowest BCUT2D eigenvalue weighted by Crippen LogP contribution is -2.43. The zero-order chi connectivity index (χ0) is 20.9. The van der Waals surface area contributed by atoms with Gasteiger partial charge in [0, 0.05) is 30.8 Å². The van der Waals surface area contributed by atoms with Crippen LogP contribution in [0, 0.1) is 17.8 Å². The molecular weight excluding hydrogens is 340 g/mol. The summed E-state index contributed by atoms with van der Waals surface area (Å²) < 4.78 is 0.850. The Bertz CT molecular complexity index is 418. The number of carbonyl (C=O) groups is 2. The number of hydrogen-bond donors (Lipinski definition) is 1. The lowest BCUT2D eigenvalue weighted by Gasteiger charge is -2.27. The van der Waals surface area contributed by atoms with Crippen LogP contribution in [0.1, 0.15) is 78.6 Å². The second kappa shape index (κ2) is 14.0. The molecule has 160 valence electrons. The van der Waals surface area contributed by atoms with Crippen molar-refractivity contribution in [2.45, 2.75) is 78.6 Å². The highest BCUT2D eigenvalue weighted by molar-refractivity contribution is 5.83. The van der Waals surface area contributed by atoms with E-state index in [-0.39, 0.29) is 5.91 Å². The number of amides is 1. The maximum Gasteiger partial charge on any atom is 0.223 e. The number of hydrogen-bond acceptors (Lipinski definition) is 3.